The maximum atomic E-state index is 9.33. The maximum absolute atomic E-state index is 9.33. The molecule has 5 heteroatoms. The standard InChI is InChI=1S/C7H15NO4/c1-3-4(9)5(10)6(11)7(8-2)12-3/h3-11H,1-2H3. The SMILES string of the molecule is CNC1OC(C)C(O)C(O)C1O. The first-order valence-corrected chi connectivity index (χ1v) is 3.95. The molecular formula is C7H15NO4. The van der Waals surface area contributed by atoms with Gasteiger partial charge in [-0.05, 0) is 14.0 Å². The van der Waals surface area contributed by atoms with E-state index in [2.05, 4.69) is 5.32 Å². The van der Waals surface area contributed by atoms with E-state index >= 15 is 0 Å². The molecule has 12 heavy (non-hydrogen) atoms. The molecule has 0 amide bonds. The van der Waals surface area contributed by atoms with E-state index in [9.17, 15) is 15.3 Å². The number of hydrogen-bond acceptors (Lipinski definition) is 5. The average molecular weight is 177 g/mol. The highest BCUT2D eigenvalue weighted by molar-refractivity contribution is 4.88. The van der Waals surface area contributed by atoms with Crippen LogP contribution in [0.5, 0.6) is 0 Å². The summed E-state index contributed by atoms with van der Waals surface area (Å²) >= 11 is 0. The monoisotopic (exact) mass is 177 g/mol. The molecule has 5 nitrogen and oxygen atoms in total. The molecule has 1 aliphatic heterocycles. The highest BCUT2D eigenvalue weighted by Gasteiger charge is 2.40. The lowest BCUT2D eigenvalue weighted by Gasteiger charge is -2.39. The molecule has 1 rings (SSSR count). The lowest BCUT2D eigenvalue weighted by Crippen LogP contribution is -2.60. The number of likely N-dealkylation sites (N-methyl/N-ethyl adjacent to an activating group) is 1. The zero-order valence-corrected chi connectivity index (χ0v) is 7.14. The van der Waals surface area contributed by atoms with Gasteiger partial charge in [0.05, 0.1) is 6.10 Å². The van der Waals surface area contributed by atoms with E-state index in [1.165, 1.54) is 0 Å². The highest BCUT2D eigenvalue weighted by Crippen LogP contribution is 2.18. The smallest absolute Gasteiger partial charge is 0.137 e. The number of nitrogens with one attached hydrogen (secondary N) is 1. The minimum absolute atomic E-state index is 0.471. The molecule has 0 saturated carbocycles. The summed E-state index contributed by atoms with van der Waals surface area (Å²) in [7, 11) is 1.62. The van der Waals surface area contributed by atoms with Gasteiger partial charge < -0.3 is 20.1 Å². The number of rotatable bonds is 1. The van der Waals surface area contributed by atoms with Gasteiger partial charge in [-0.1, -0.05) is 0 Å². The molecular weight excluding hydrogens is 162 g/mol. The molecule has 0 spiro atoms. The van der Waals surface area contributed by atoms with Crippen LogP contribution in [0.1, 0.15) is 6.92 Å². The Balaban J connectivity index is 2.63. The summed E-state index contributed by atoms with van der Waals surface area (Å²) in [4.78, 5) is 0. The van der Waals surface area contributed by atoms with Gasteiger partial charge in [0.2, 0.25) is 0 Å². The quantitative estimate of drug-likeness (QED) is 0.373. The Morgan fingerprint density at radius 2 is 1.67 bits per heavy atom. The zero-order valence-electron chi connectivity index (χ0n) is 7.14. The topological polar surface area (TPSA) is 82.0 Å². The fourth-order valence-electron chi connectivity index (χ4n) is 1.29. The van der Waals surface area contributed by atoms with E-state index in [1.54, 1.807) is 14.0 Å². The normalized spacial score (nSPS) is 49.2. The van der Waals surface area contributed by atoms with Gasteiger partial charge in [0, 0.05) is 0 Å². The Morgan fingerprint density at radius 1 is 1.08 bits per heavy atom. The van der Waals surface area contributed by atoms with Crippen molar-refractivity contribution in [3.63, 3.8) is 0 Å². The fraction of sp³-hybridized carbons (Fsp3) is 1.00. The van der Waals surface area contributed by atoms with E-state index < -0.39 is 30.6 Å². The van der Waals surface area contributed by atoms with Crippen LogP contribution in [0.2, 0.25) is 0 Å². The van der Waals surface area contributed by atoms with Crippen molar-refractivity contribution in [1.29, 1.82) is 0 Å². The van der Waals surface area contributed by atoms with Crippen LogP contribution in [0.4, 0.5) is 0 Å². The molecule has 1 aliphatic rings. The first-order chi connectivity index (χ1) is 5.57. The Hall–Kier alpha value is -0.200. The minimum atomic E-state index is -1.15. The molecule has 0 bridgehead atoms. The molecule has 5 unspecified atom stereocenters. The third-order valence-corrected chi connectivity index (χ3v) is 2.14. The Labute approximate surface area is 71.0 Å². The van der Waals surface area contributed by atoms with Crippen LogP contribution in [0, 0.1) is 0 Å². The van der Waals surface area contributed by atoms with Crippen LogP contribution in [0.3, 0.4) is 0 Å². The molecule has 0 aromatic carbocycles. The second-order valence-electron chi connectivity index (χ2n) is 3.02. The van der Waals surface area contributed by atoms with Crippen LogP contribution in [0.25, 0.3) is 0 Å². The number of aliphatic hydroxyl groups excluding tert-OH is 3. The van der Waals surface area contributed by atoms with Gasteiger partial charge in [-0.2, -0.15) is 0 Å². The van der Waals surface area contributed by atoms with Gasteiger partial charge in [-0.15, -0.1) is 0 Å². The molecule has 0 radical (unpaired) electrons. The van der Waals surface area contributed by atoms with Crippen LogP contribution >= 0.6 is 0 Å². The largest absolute Gasteiger partial charge is 0.388 e. The second kappa shape index (κ2) is 3.68. The van der Waals surface area contributed by atoms with Gasteiger partial charge >= 0.3 is 0 Å². The van der Waals surface area contributed by atoms with Crippen molar-refractivity contribution in [2.75, 3.05) is 7.05 Å². The fourth-order valence-corrected chi connectivity index (χ4v) is 1.29. The minimum Gasteiger partial charge on any atom is -0.388 e. The van der Waals surface area contributed by atoms with E-state index in [0.717, 1.165) is 0 Å². The predicted octanol–water partition coefficient (Wildman–Crippen LogP) is -1.97. The summed E-state index contributed by atoms with van der Waals surface area (Å²) in [6, 6.07) is 0. The highest BCUT2D eigenvalue weighted by atomic mass is 16.5. The molecule has 4 N–H and O–H groups in total. The van der Waals surface area contributed by atoms with Crippen molar-refractivity contribution in [2.24, 2.45) is 0 Å². The van der Waals surface area contributed by atoms with E-state index in [-0.39, 0.29) is 0 Å². The summed E-state index contributed by atoms with van der Waals surface area (Å²) in [6.45, 7) is 1.64. The lowest BCUT2D eigenvalue weighted by atomic mass is 9.99. The van der Waals surface area contributed by atoms with Gasteiger partial charge in [-0.25, -0.2) is 0 Å². The zero-order chi connectivity index (χ0) is 9.30. The Kier molecular flexibility index (Phi) is 3.03. The summed E-state index contributed by atoms with van der Waals surface area (Å²) in [5.74, 6) is 0. The van der Waals surface area contributed by atoms with Crippen LogP contribution < -0.4 is 5.32 Å². The number of aliphatic hydroxyl groups is 3. The second-order valence-corrected chi connectivity index (χ2v) is 3.02. The molecule has 0 aliphatic carbocycles. The van der Waals surface area contributed by atoms with Crippen LogP contribution in [0.15, 0.2) is 0 Å². The van der Waals surface area contributed by atoms with Crippen molar-refractivity contribution in [3.8, 4) is 0 Å². The Morgan fingerprint density at radius 3 is 2.17 bits per heavy atom. The first-order valence-electron chi connectivity index (χ1n) is 3.95. The van der Waals surface area contributed by atoms with Crippen molar-refractivity contribution in [1.82, 2.24) is 5.32 Å². The van der Waals surface area contributed by atoms with Crippen molar-refractivity contribution in [2.45, 2.75) is 37.6 Å². The molecule has 1 saturated heterocycles. The summed E-state index contributed by atoms with van der Waals surface area (Å²) in [6.07, 6.45) is -4.34. The van der Waals surface area contributed by atoms with E-state index in [0.29, 0.717) is 0 Å². The van der Waals surface area contributed by atoms with Crippen molar-refractivity contribution in [3.05, 3.63) is 0 Å². The van der Waals surface area contributed by atoms with Crippen LogP contribution in [-0.4, -0.2) is 53.0 Å². The van der Waals surface area contributed by atoms with E-state index in [4.69, 9.17) is 4.74 Å². The summed E-state index contributed by atoms with van der Waals surface area (Å²) < 4.78 is 5.16. The third-order valence-electron chi connectivity index (χ3n) is 2.14. The lowest BCUT2D eigenvalue weighted by molar-refractivity contribution is -0.223. The summed E-state index contributed by atoms with van der Waals surface area (Å²) in [5.41, 5.74) is 0. The molecule has 0 aromatic heterocycles. The average Bonchev–Trinajstić information content (AvgIpc) is 2.08. The molecule has 1 heterocycles. The van der Waals surface area contributed by atoms with E-state index in [1.807, 2.05) is 0 Å². The van der Waals surface area contributed by atoms with Gasteiger partial charge in [0.15, 0.2) is 0 Å². The van der Waals surface area contributed by atoms with Crippen molar-refractivity contribution >= 4 is 0 Å². The number of hydrogen-bond donors (Lipinski definition) is 4. The van der Waals surface area contributed by atoms with Crippen molar-refractivity contribution < 1.29 is 20.1 Å². The third kappa shape index (κ3) is 1.60. The Bertz CT molecular complexity index is 150. The first kappa shape index (κ1) is 9.88. The number of ether oxygens (including phenoxy) is 1. The van der Waals surface area contributed by atoms with Gasteiger partial charge in [0.25, 0.3) is 0 Å². The van der Waals surface area contributed by atoms with Gasteiger partial charge in [-0.3, -0.25) is 5.32 Å². The molecule has 5 atom stereocenters. The molecule has 1 fully saturated rings. The van der Waals surface area contributed by atoms with Crippen LogP contribution in [-0.2, 0) is 4.74 Å². The maximum Gasteiger partial charge on any atom is 0.137 e. The molecule has 72 valence electrons. The van der Waals surface area contributed by atoms with Gasteiger partial charge in [0.1, 0.15) is 24.5 Å². The molecule has 0 aromatic rings. The summed E-state index contributed by atoms with van der Waals surface area (Å²) in [5, 5.41) is 30.6. The predicted molar refractivity (Wildman–Crippen MR) is 41.4 cm³/mol.